The van der Waals surface area contributed by atoms with Crippen LogP contribution in [0.5, 0.6) is 11.5 Å². The Bertz CT molecular complexity index is 1450. The minimum Gasteiger partial charge on any atom is -0.487 e. The first-order valence-electron chi connectivity index (χ1n) is 14.5. The van der Waals surface area contributed by atoms with E-state index in [2.05, 4.69) is 0 Å². The van der Waals surface area contributed by atoms with Gasteiger partial charge in [0.2, 0.25) is 0 Å². The molecule has 0 aliphatic carbocycles. The van der Waals surface area contributed by atoms with E-state index < -0.39 is 14.3 Å². The number of ether oxygens (including phenoxy) is 4. The number of rotatable bonds is 16. The summed E-state index contributed by atoms with van der Waals surface area (Å²) in [5.41, 5.74) is 0. The maximum absolute atomic E-state index is 14.1. The van der Waals surface area contributed by atoms with Crippen molar-refractivity contribution in [3.05, 3.63) is 146 Å². The van der Waals surface area contributed by atoms with Crippen molar-refractivity contribution in [3.63, 3.8) is 0 Å². The molecule has 0 aliphatic heterocycles. The van der Waals surface area contributed by atoms with Crippen molar-refractivity contribution in [2.24, 2.45) is 0 Å². The summed E-state index contributed by atoms with van der Waals surface area (Å²) in [6.45, 7) is 1.04. The van der Waals surface area contributed by atoms with Crippen LogP contribution in [0.4, 0.5) is 0 Å². The average molecular weight is 627 g/mol. The summed E-state index contributed by atoms with van der Waals surface area (Å²) < 4.78 is 51.9. The maximum atomic E-state index is 14.1. The molecule has 5 aromatic carbocycles. The van der Waals surface area contributed by atoms with Gasteiger partial charge in [0.15, 0.2) is 25.8 Å². The Morgan fingerprint density at radius 1 is 0.364 bits per heavy atom. The zero-order valence-corrected chi connectivity index (χ0v) is 26.2. The zero-order valence-electron chi connectivity index (χ0n) is 24.4. The van der Waals surface area contributed by atoms with Crippen LogP contribution in [0.2, 0.25) is 0 Å². The smallest absolute Gasteiger partial charge is 0.167 e. The Kier molecular flexibility index (Phi) is 11.2. The molecule has 0 heterocycles. The summed E-state index contributed by atoms with van der Waals surface area (Å²) in [5.74, 6) is 1.15. The lowest BCUT2D eigenvalue weighted by Crippen LogP contribution is -2.21. The molecule has 0 fully saturated rings. The van der Waals surface area contributed by atoms with Crippen molar-refractivity contribution in [1.82, 2.24) is 0 Å². The molecular formula is C36H36O6P2. The van der Waals surface area contributed by atoms with Crippen molar-refractivity contribution >= 4 is 35.5 Å². The Morgan fingerprint density at radius 2 is 0.636 bits per heavy atom. The predicted octanol–water partition coefficient (Wildman–Crippen LogP) is 6.42. The fraction of sp³-hybridized carbons (Fsp3) is 0.167. The second-order valence-corrected chi connectivity index (χ2v) is 15.6. The second kappa shape index (κ2) is 15.7. The highest BCUT2D eigenvalue weighted by molar-refractivity contribution is 7.78. The van der Waals surface area contributed by atoms with E-state index in [-0.39, 0.29) is 39.1 Å². The van der Waals surface area contributed by atoms with Gasteiger partial charge in [0.1, 0.15) is 25.9 Å². The molecule has 0 aliphatic rings. The fourth-order valence-electron chi connectivity index (χ4n) is 4.77. The first kappa shape index (κ1) is 31.5. The van der Waals surface area contributed by atoms with Crippen LogP contribution in [-0.2, 0) is 18.6 Å². The maximum Gasteiger partial charge on any atom is 0.167 e. The van der Waals surface area contributed by atoms with E-state index >= 15 is 0 Å². The van der Waals surface area contributed by atoms with Gasteiger partial charge in [-0.3, -0.25) is 0 Å². The molecule has 0 atom stereocenters. The van der Waals surface area contributed by atoms with E-state index in [4.69, 9.17) is 18.9 Å². The Labute approximate surface area is 259 Å². The molecule has 226 valence electrons. The van der Waals surface area contributed by atoms with Crippen molar-refractivity contribution in [2.75, 3.05) is 39.1 Å². The van der Waals surface area contributed by atoms with Crippen LogP contribution in [0.3, 0.4) is 0 Å². The summed E-state index contributed by atoms with van der Waals surface area (Å²) in [6, 6.07) is 45.2. The number of hydrogen-bond acceptors (Lipinski definition) is 6. The van der Waals surface area contributed by atoms with Crippen LogP contribution >= 0.6 is 14.3 Å². The Hall–Kier alpha value is -3.92. The number of benzene rings is 5. The molecule has 5 rings (SSSR count). The molecule has 0 radical (unpaired) electrons. The molecule has 6 nitrogen and oxygen atoms in total. The van der Waals surface area contributed by atoms with E-state index in [1.165, 1.54) is 0 Å². The predicted molar refractivity (Wildman–Crippen MR) is 179 cm³/mol. The molecule has 0 unspecified atom stereocenters. The molecule has 0 amide bonds. The van der Waals surface area contributed by atoms with Gasteiger partial charge in [0.05, 0.1) is 13.2 Å². The van der Waals surface area contributed by atoms with E-state index in [0.717, 1.165) is 21.2 Å². The lowest BCUT2D eigenvalue weighted by atomic mass is 10.3. The zero-order chi connectivity index (χ0) is 30.5. The molecular weight excluding hydrogens is 590 g/mol. The molecule has 0 N–H and O–H groups in total. The fourth-order valence-corrected chi connectivity index (χ4v) is 9.35. The van der Waals surface area contributed by atoms with E-state index in [1.807, 2.05) is 146 Å². The molecule has 0 saturated heterocycles. The molecule has 8 heteroatoms. The van der Waals surface area contributed by atoms with Gasteiger partial charge >= 0.3 is 0 Å². The van der Waals surface area contributed by atoms with E-state index in [1.54, 1.807) is 0 Å². The van der Waals surface area contributed by atoms with Crippen molar-refractivity contribution < 1.29 is 28.1 Å². The summed E-state index contributed by atoms with van der Waals surface area (Å²) in [5, 5.41) is 3.04. The van der Waals surface area contributed by atoms with Gasteiger partial charge in [-0.25, -0.2) is 0 Å². The third kappa shape index (κ3) is 7.96. The summed E-state index contributed by atoms with van der Waals surface area (Å²) >= 11 is 0. The first-order valence-corrected chi connectivity index (χ1v) is 18.3. The summed E-state index contributed by atoms with van der Waals surface area (Å²) in [7, 11) is -5.91. The van der Waals surface area contributed by atoms with Gasteiger partial charge in [0, 0.05) is 21.2 Å². The molecule has 5 aromatic rings. The molecule has 0 bridgehead atoms. The highest BCUT2D eigenvalue weighted by atomic mass is 31.2. The van der Waals surface area contributed by atoms with Gasteiger partial charge in [-0.05, 0) is 12.1 Å². The highest BCUT2D eigenvalue weighted by Gasteiger charge is 2.28. The van der Waals surface area contributed by atoms with Crippen LogP contribution in [0.15, 0.2) is 146 Å². The van der Waals surface area contributed by atoms with Gasteiger partial charge in [0.25, 0.3) is 0 Å². The molecule has 0 aromatic heterocycles. The lowest BCUT2D eigenvalue weighted by molar-refractivity contribution is 0.119. The topological polar surface area (TPSA) is 71.1 Å². The van der Waals surface area contributed by atoms with E-state index in [0.29, 0.717) is 11.5 Å². The monoisotopic (exact) mass is 626 g/mol. The van der Waals surface area contributed by atoms with Crippen LogP contribution in [0, 0.1) is 0 Å². The van der Waals surface area contributed by atoms with E-state index in [9.17, 15) is 9.13 Å². The molecule has 0 saturated carbocycles. The Balaban J connectivity index is 1.11. The van der Waals surface area contributed by atoms with Crippen molar-refractivity contribution in [2.45, 2.75) is 0 Å². The van der Waals surface area contributed by atoms with Crippen molar-refractivity contribution in [3.8, 4) is 11.5 Å². The minimum absolute atomic E-state index is 0.0791. The summed E-state index contributed by atoms with van der Waals surface area (Å²) in [4.78, 5) is 0. The third-order valence-electron chi connectivity index (χ3n) is 7.06. The van der Waals surface area contributed by atoms with Gasteiger partial charge in [-0.15, -0.1) is 0 Å². The largest absolute Gasteiger partial charge is 0.487 e. The normalized spacial score (nSPS) is 11.6. The summed E-state index contributed by atoms with van der Waals surface area (Å²) in [6.07, 6.45) is 0.158. The Morgan fingerprint density at radius 3 is 0.932 bits per heavy atom. The molecule has 44 heavy (non-hydrogen) atoms. The minimum atomic E-state index is -2.96. The third-order valence-corrected chi connectivity index (χ3v) is 12.7. The number of para-hydroxylation sites is 2. The lowest BCUT2D eigenvalue weighted by Gasteiger charge is -2.20. The van der Waals surface area contributed by atoms with Crippen molar-refractivity contribution in [1.29, 1.82) is 0 Å². The average Bonchev–Trinajstić information content (AvgIpc) is 3.10. The standard InChI is InChI=1S/C36H36O6P2/c37-43(31-15-5-1-6-16-31,32-17-7-2-8-18-32)29-39-25-27-41-35-23-13-14-24-36(35)42-28-26-40-30-44(38,33-19-9-3-10-20-33)34-21-11-4-12-22-34/h1-24H,25-30H2. The van der Waals surface area contributed by atoms with Gasteiger partial charge in [-0.1, -0.05) is 133 Å². The van der Waals surface area contributed by atoms with Crippen LogP contribution in [-0.4, -0.2) is 39.1 Å². The highest BCUT2D eigenvalue weighted by Crippen LogP contribution is 2.44. The quantitative estimate of drug-likeness (QED) is 0.0930. The van der Waals surface area contributed by atoms with Gasteiger partial charge < -0.3 is 28.1 Å². The SMILES string of the molecule is O=P(COCCOc1ccccc1OCCOCP(=O)(c1ccccc1)c1ccccc1)(c1ccccc1)c1ccccc1. The molecule has 0 spiro atoms. The van der Waals surface area contributed by atoms with Crippen LogP contribution in [0.1, 0.15) is 0 Å². The van der Waals surface area contributed by atoms with Gasteiger partial charge in [-0.2, -0.15) is 0 Å². The van der Waals surface area contributed by atoms with Crippen LogP contribution in [0.25, 0.3) is 0 Å². The first-order chi connectivity index (χ1) is 21.6. The van der Waals surface area contributed by atoms with Crippen LogP contribution < -0.4 is 30.7 Å². The second-order valence-electron chi connectivity index (χ2n) is 10.0. The number of hydrogen-bond donors (Lipinski definition) is 0.